The molecule has 0 aliphatic carbocycles. The fourth-order valence-corrected chi connectivity index (χ4v) is 2.03. The summed E-state index contributed by atoms with van der Waals surface area (Å²) in [7, 11) is 3.36. The predicted molar refractivity (Wildman–Crippen MR) is 67.8 cm³/mol. The Morgan fingerprint density at radius 2 is 2.21 bits per heavy atom. The number of carbonyl (C=O) groups is 1. The Morgan fingerprint density at radius 3 is 2.79 bits per heavy atom. The van der Waals surface area contributed by atoms with Gasteiger partial charge in [0.2, 0.25) is 5.91 Å². The third-order valence-electron chi connectivity index (χ3n) is 2.91. The quantitative estimate of drug-likeness (QED) is 0.661. The summed E-state index contributed by atoms with van der Waals surface area (Å²) in [6.07, 6.45) is 1.82. The van der Waals surface area contributed by atoms with Crippen molar-refractivity contribution in [2.45, 2.75) is 20.4 Å². The van der Waals surface area contributed by atoms with Gasteiger partial charge in [-0.05, 0) is 6.92 Å². The van der Waals surface area contributed by atoms with E-state index in [1.165, 1.54) is 14.0 Å². The van der Waals surface area contributed by atoms with Crippen molar-refractivity contribution in [3.05, 3.63) is 17.5 Å². The summed E-state index contributed by atoms with van der Waals surface area (Å²) >= 11 is 0. The molecule has 0 radical (unpaired) electrons. The van der Waals surface area contributed by atoms with E-state index in [0.29, 0.717) is 10.6 Å². The molecule has 1 N–H and O–H groups in total. The summed E-state index contributed by atoms with van der Waals surface area (Å²) in [5.41, 5.74) is 3.04. The molecule has 0 saturated heterocycles. The smallest absolute Gasteiger partial charge is 0.317 e. The van der Waals surface area contributed by atoms with Crippen LogP contribution in [0, 0.1) is 6.92 Å². The first-order chi connectivity index (χ1) is 8.93. The van der Waals surface area contributed by atoms with Crippen molar-refractivity contribution in [2.75, 3.05) is 7.11 Å². The van der Waals surface area contributed by atoms with E-state index in [2.05, 4.69) is 9.97 Å². The zero-order valence-corrected chi connectivity index (χ0v) is 11.3. The molecular formula is C12H16N4O3. The highest BCUT2D eigenvalue weighted by Crippen LogP contribution is 2.24. The number of hydroxylamine groups is 2. The standard InChI is InChI=1S/C12H16N4O3/c1-7-11-10(14-12(13-7)19-4)9(5-15(11)3)6-16(18)8(2)17/h5,18H,6H2,1-4H3. The van der Waals surface area contributed by atoms with Crippen molar-refractivity contribution >= 4 is 16.9 Å². The molecular weight excluding hydrogens is 248 g/mol. The van der Waals surface area contributed by atoms with Crippen LogP contribution < -0.4 is 4.74 Å². The lowest BCUT2D eigenvalue weighted by molar-refractivity contribution is -0.165. The number of nitrogens with zero attached hydrogens (tertiary/aromatic N) is 4. The van der Waals surface area contributed by atoms with E-state index < -0.39 is 5.91 Å². The molecule has 0 atom stereocenters. The molecule has 0 fully saturated rings. The van der Waals surface area contributed by atoms with Gasteiger partial charge in [-0.2, -0.15) is 9.97 Å². The minimum absolute atomic E-state index is 0.0757. The third-order valence-corrected chi connectivity index (χ3v) is 2.91. The zero-order valence-electron chi connectivity index (χ0n) is 11.3. The van der Waals surface area contributed by atoms with E-state index in [9.17, 15) is 10.0 Å². The average molecular weight is 264 g/mol. The molecule has 2 rings (SSSR count). The van der Waals surface area contributed by atoms with Gasteiger partial charge in [-0.1, -0.05) is 0 Å². The van der Waals surface area contributed by atoms with Gasteiger partial charge in [0, 0.05) is 25.7 Å². The summed E-state index contributed by atoms with van der Waals surface area (Å²) in [6.45, 7) is 3.23. The van der Waals surface area contributed by atoms with Crippen LogP contribution in [0.25, 0.3) is 11.0 Å². The van der Waals surface area contributed by atoms with Crippen molar-refractivity contribution in [3.63, 3.8) is 0 Å². The number of carbonyl (C=O) groups excluding carboxylic acids is 1. The maximum atomic E-state index is 11.1. The van der Waals surface area contributed by atoms with Crippen LogP contribution >= 0.6 is 0 Å². The number of ether oxygens (including phenoxy) is 1. The molecule has 2 aromatic heterocycles. The number of hydrogen-bond donors (Lipinski definition) is 1. The molecule has 0 saturated carbocycles. The average Bonchev–Trinajstić information content (AvgIpc) is 2.66. The predicted octanol–water partition coefficient (Wildman–Crippen LogP) is 1.02. The molecule has 0 aromatic carbocycles. The molecule has 0 bridgehead atoms. The maximum absolute atomic E-state index is 11.1. The van der Waals surface area contributed by atoms with Crippen LogP contribution in [0.3, 0.4) is 0 Å². The largest absolute Gasteiger partial charge is 0.467 e. The van der Waals surface area contributed by atoms with Gasteiger partial charge in [-0.3, -0.25) is 10.0 Å². The molecule has 7 heteroatoms. The first-order valence-electron chi connectivity index (χ1n) is 5.77. The van der Waals surface area contributed by atoms with Gasteiger partial charge in [0.15, 0.2) is 0 Å². The second-order valence-electron chi connectivity index (χ2n) is 4.33. The molecule has 0 aliphatic rings. The summed E-state index contributed by atoms with van der Waals surface area (Å²) in [4.78, 5) is 19.6. The number of amides is 1. The van der Waals surface area contributed by atoms with Crippen LogP contribution in [0.2, 0.25) is 0 Å². The Morgan fingerprint density at radius 1 is 1.53 bits per heavy atom. The fraction of sp³-hybridized carbons (Fsp3) is 0.417. The van der Waals surface area contributed by atoms with E-state index in [-0.39, 0.29) is 12.6 Å². The van der Waals surface area contributed by atoms with Crippen molar-refractivity contribution in [1.29, 1.82) is 0 Å². The topological polar surface area (TPSA) is 80.5 Å². The molecule has 0 spiro atoms. The van der Waals surface area contributed by atoms with Gasteiger partial charge in [0.25, 0.3) is 0 Å². The van der Waals surface area contributed by atoms with Crippen LogP contribution in [-0.2, 0) is 18.4 Å². The van der Waals surface area contributed by atoms with Crippen molar-refractivity contribution in [1.82, 2.24) is 19.6 Å². The summed E-state index contributed by atoms with van der Waals surface area (Å²) in [6, 6.07) is 0.268. The Labute approximate surface area is 110 Å². The third kappa shape index (κ3) is 2.37. The minimum atomic E-state index is -0.422. The Balaban J connectivity index is 2.56. The van der Waals surface area contributed by atoms with Gasteiger partial charge >= 0.3 is 6.01 Å². The molecule has 0 unspecified atom stereocenters. The van der Waals surface area contributed by atoms with E-state index in [0.717, 1.165) is 16.8 Å². The second kappa shape index (κ2) is 4.85. The monoisotopic (exact) mass is 264 g/mol. The number of fused-ring (bicyclic) bond motifs is 1. The van der Waals surface area contributed by atoms with Crippen LogP contribution in [0.4, 0.5) is 0 Å². The van der Waals surface area contributed by atoms with Crippen LogP contribution in [0.1, 0.15) is 18.2 Å². The zero-order chi connectivity index (χ0) is 14.2. The Kier molecular flexibility index (Phi) is 3.39. The summed E-state index contributed by atoms with van der Waals surface area (Å²) < 4.78 is 6.91. The SMILES string of the molecule is COc1nc(C)c2c(n1)c(CN(O)C(C)=O)cn2C. The maximum Gasteiger partial charge on any atom is 0.317 e. The number of aryl methyl sites for hydroxylation is 2. The molecule has 0 aliphatic heterocycles. The van der Waals surface area contributed by atoms with Gasteiger partial charge in [0.05, 0.1) is 24.9 Å². The lowest BCUT2D eigenvalue weighted by Gasteiger charge is -2.11. The minimum Gasteiger partial charge on any atom is -0.467 e. The highest BCUT2D eigenvalue weighted by atomic mass is 16.5. The molecule has 102 valence electrons. The molecule has 1 amide bonds. The van der Waals surface area contributed by atoms with E-state index >= 15 is 0 Å². The molecule has 19 heavy (non-hydrogen) atoms. The van der Waals surface area contributed by atoms with Gasteiger partial charge in [-0.25, -0.2) is 5.06 Å². The summed E-state index contributed by atoms with van der Waals surface area (Å²) in [5.74, 6) is -0.422. The number of rotatable bonds is 3. The highest BCUT2D eigenvalue weighted by molar-refractivity contribution is 5.82. The van der Waals surface area contributed by atoms with Crippen molar-refractivity contribution < 1.29 is 14.7 Å². The second-order valence-corrected chi connectivity index (χ2v) is 4.33. The molecule has 7 nitrogen and oxygen atoms in total. The first kappa shape index (κ1) is 13.3. The lowest BCUT2D eigenvalue weighted by Crippen LogP contribution is -2.23. The molecule has 2 aromatic rings. The van der Waals surface area contributed by atoms with Crippen molar-refractivity contribution in [3.8, 4) is 6.01 Å². The highest BCUT2D eigenvalue weighted by Gasteiger charge is 2.16. The first-order valence-corrected chi connectivity index (χ1v) is 5.77. The normalized spacial score (nSPS) is 10.8. The van der Waals surface area contributed by atoms with Gasteiger partial charge in [-0.15, -0.1) is 0 Å². The number of hydrogen-bond acceptors (Lipinski definition) is 5. The Bertz CT molecular complexity index is 635. The number of methoxy groups -OCH3 is 1. The van der Waals surface area contributed by atoms with Gasteiger partial charge in [0.1, 0.15) is 5.52 Å². The van der Waals surface area contributed by atoms with Gasteiger partial charge < -0.3 is 9.30 Å². The summed E-state index contributed by atoms with van der Waals surface area (Å²) in [5, 5.41) is 10.2. The number of aromatic nitrogens is 3. The van der Waals surface area contributed by atoms with Crippen LogP contribution in [-0.4, -0.2) is 37.8 Å². The van der Waals surface area contributed by atoms with Crippen LogP contribution in [0.15, 0.2) is 6.20 Å². The molecule has 2 heterocycles. The fourth-order valence-electron chi connectivity index (χ4n) is 2.03. The Hall–Kier alpha value is -2.15. The van der Waals surface area contributed by atoms with E-state index in [1.807, 2.05) is 24.7 Å². The lowest BCUT2D eigenvalue weighted by atomic mass is 10.2. The van der Waals surface area contributed by atoms with E-state index in [4.69, 9.17) is 4.74 Å². The van der Waals surface area contributed by atoms with Crippen LogP contribution in [0.5, 0.6) is 6.01 Å². The van der Waals surface area contributed by atoms with Crippen molar-refractivity contribution in [2.24, 2.45) is 7.05 Å². The van der Waals surface area contributed by atoms with E-state index in [1.54, 1.807) is 0 Å².